The summed E-state index contributed by atoms with van der Waals surface area (Å²) in [5, 5.41) is 17.0. The minimum absolute atomic E-state index is 0.211. The summed E-state index contributed by atoms with van der Waals surface area (Å²) in [5.74, 6) is 0.211. The Balaban J connectivity index is 2.23. The molecule has 1 saturated heterocycles. The van der Waals surface area contributed by atoms with E-state index < -0.39 is 0 Å². The van der Waals surface area contributed by atoms with Crippen molar-refractivity contribution in [3.05, 3.63) is 18.0 Å². The SMILES string of the molecule is CCn1nccc1C1CNCC1O. The zero-order chi connectivity index (χ0) is 9.26. The minimum Gasteiger partial charge on any atom is -0.391 e. The molecular formula is C9H15N3O. The molecule has 4 heteroatoms. The lowest BCUT2D eigenvalue weighted by molar-refractivity contribution is 0.174. The van der Waals surface area contributed by atoms with Crippen LogP contribution < -0.4 is 5.32 Å². The second-order valence-electron chi connectivity index (χ2n) is 3.40. The maximum absolute atomic E-state index is 9.68. The van der Waals surface area contributed by atoms with E-state index in [0.717, 1.165) is 18.8 Å². The van der Waals surface area contributed by atoms with Crippen molar-refractivity contribution in [3.63, 3.8) is 0 Å². The van der Waals surface area contributed by atoms with Crippen LogP contribution >= 0.6 is 0 Å². The van der Waals surface area contributed by atoms with E-state index in [0.29, 0.717) is 6.54 Å². The molecule has 1 aromatic rings. The van der Waals surface area contributed by atoms with Crippen LogP contribution in [0.3, 0.4) is 0 Å². The summed E-state index contributed by atoms with van der Waals surface area (Å²) >= 11 is 0. The third-order valence-electron chi connectivity index (χ3n) is 2.61. The highest BCUT2D eigenvalue weighted by Gasteiger charge is 2.28. The summed E-state index contributed by atoms with van der Waals surface area (Å²) in [6, 6.07) is 1.99. The minimum atomic E-state index is -0.262. The van der Waals surface area contributed by atoms with Gasteiger partial charge in [-0.15, -0.1) is 0 Å². The highest BCUT2D eigenvalue weighted by molar-refractivity contribution is 5.13. The van der Waals surface area contributed by atoms with Gasteiger partial charge < -0.3 is 10.4 Å². The van der Waals surface area contributed by atoms with E-state index in [4.69, 9.17) is 0 Å². The average Bonchev–Trinajstić information content (AvgIpc) is 2.71. The van der Waals surface area contributed by atoms with Crippen LogP contribution in [0.1, 0.15) is 18.5 Å². The van der Waals surface area contributed by atoms with Crippen molar-refractivity contribution < 1.29 is 5.11 Å². The van der Waals surface area contributed by atoms with Gasteiger partial charge in [0, 0.05) is 37.4 Å². The van der Waals surface area contributed by atoms with E-state index in [1.165, 1.54) is 0 Å². The number of rotatable bonds is 2. The molecule has 2 rings (SSSR count). The Labute approximate surface area is 77.6 Å². The van der Waals surface area contributed by atoms with Gasteiger partial charge in [0.15, 0.2) is 0 Å². The molecule has 0 spiro atoms. The number of hydrogen-bond donors (Lipinski definition) is 2. The van der Waals surface area contributed by atoms with Gasteiger partial charge in [0.05, 0.1) is 6.10 Å². The standard InChI is InChI=1S/C9H15N3O/c1-2-12-8(3-4-11-12)7-5-10-6-9(7)13/h3-4,7,9-10,13H,2,5-6H2,1H3. The van der Waals surface area contributed by atoms with Crippen LogP contribution in [-0.2, 0) is 6.54 Å². The Hall–Kier alpha value is -0.870. The maximum atomic E-state index is 9.68. The van der Waals surface area contributed by atoms with Crippen molar-refractivity contribution in [1.82, 2.24) is 15.1 Å². The van der Waals surface area contributed by atoms with Crippen molar-refractivity contribution in [1.29, 1.82) is 0 Å². The van der Waals surface area contributed by atoms with Gasteiger partial charge in [-0.05, 0) is 13.0 Å². The lowest BCUT2D eigenvalue weighted by atomic mass is 10.0. The number of aromatic nitrogens is 2. The largest absolute Gasteiger partial charge is 0.391 e. The zero-order valence-electron chi connectivity index (χ0n) is 7.77. The van der Waals surface area contributed by atoms with Gasteiger partial charge >= 0.3 is 0 Å². The van der Waals surface area contributed by atoms with Gasteiger partial charge in [0.2, 0.25) is 0 Å². The summed E-state index contributed by atoms with van der Waals surface area (Å²) in [6.07, 6.45) is 1.53. The van der Waals surface area contributed by atoms with Crippen molar-refractivity contribution in [3.8, 4) is 0 Å². The van der Waals surface area contributed by atoms with Gasteiger partial charge in [-0.25, -0.2) is 0 Å². The van der Waals surface area contributed by atoms with Crippen LogP contribution in [0.4, 0.5) is 0 Å². The van der Waals surface area contributed by atoms with Crippen LogP contribution in [-0.4, -0.2) is 34.1 Å². The number of hydrogen-bond acceptors (Lipinski definition) is 3. The monoisotopic (exact) mass is 181 g/mol. The number of aliphatic hydroxyl groups is 1. The first-order chi connectivity index (χ1) is 6.33. The fourth-order valence-corrected chi connectivity index (χ4v) is 1.89. The fraction of sp³-hybridized carbons (Fsp3) is 0.667. The molecule has 2 N–H and O–H groups in total. The van der Waals surface area contributed by atoms with E-state index in [9.17, 15) is 5.11 Å². The number of nitrogens with one attached hydrogen (secondary N) is 1. The molecule has 0 aliphatic carbocycles. The quantitative estimate of drug-likeness (QED) is 0.672. The van der Waals surface area contributed by atoms with Crippen LogP contribution in [0.5, 0.6) is 0 Å². The Kier molecular flexibility index (Phi) is 2.33. The van der Waals surface area contributed by atoms with E-state index in [2.05, 4.69) is 17.3 Å². The molecule has 0 saturated carbocycles. The van der Waals surface area contributed by atoms with E-state index in [-0.39, 0.29) is 12.0 Å². The van der Waals surface area contributed by atoms with Crippen LogP contribution in [0.2, 0.25) is 0 Å². The summed E-state index contributed by atoms with van der Waals surface area (Å²) in [4.78, 5) is 0. The van der Waals surface area contributed by atoms with Gasteiger partial charge in [-0.2, -0.15) is 5.10 Å². The third-order valence-corrected chi connectivity index (χ3v) is 2.61. The number of aliphatic hydroxyl groups excluding tert-OH is 1. The molecule has 2 heterocycles. The first-order valence-electron chi connectivity index (χ1n) is 4.73. The van der Waals surface area contributed by atoms with Gasteiger partial charge in [-0.3, -0.25) is 4.68 Å². The average molecular weight is 181 g/mol. The molecule has 1 aliphatic rings. The summed E-state index contributed by atoms with van der Waals surface area (Å²) in [6.45, 7) is 4.48. The Morgan fingerprint density at radius 2 is 2.54 bits per heavy atom. The van der Waals surface area contributed by atoms with Crippen molar-refractivity contribution >= 4 is 0 Å². The van der Waals surface area contributed by atoms with Crippen molar-refractivity contribution in [2.24, 2.45) is 0 Å². The highest BCUT2D eigenvalue weighted by Crippen LogP contribution is 2.22. The third kappa shape index (κ3) is 1.47. The predicted molar refractivity (Wildman–Crippen MR) is 49.5 cm³/mol. The number of nitrogens with zero attached hydrogens (tertiary/aromatic N) is 2. The van der Waals surface area contributed by atoms with E-state index >= 15 is 0 Å². The van der Waals surface area contributed by atoms with Gasteiger partial charge in [0.1, 0.15) is 0 Å². The smallest absolute Gasteiger partial charge is 0.0760 e. The van der Waals surface area contributed by atoms with Gasteiger partial charge in [0.25, 0.3) is 0 Å². The molecule has 2 atom stereocenters. The predicted octanol–water partition coefficient (Wildman–Crippen LogP) is -0.0493. The fourth-order valence-electron chi connectivity index (χ4n) is 1.89. The Morgan fingerprint density at radius 3 is 3.15 bits per heavy atom. The molecule has 2 unspecified atom stereocenters. The molecule has 0 amide bonds. The zero-order valence-corrected chi connectivity index (χ0v) is 7.77. The molecule has 13 heavy (non-hydrogen) atoms. The second kappa shape index (κ2) is 3.47. The van der Waals surface area contributed by atoms with Crippen molar-refractivity contribution in [2.75, 3.05) is 13.1 Å². The van der Waals surface area contributed by atoms with E-state index in [1.807, 2.05) is 10.7 Å². The summed E-state index contributed by atoms with van der Waals surface area (Å²) < 4.78 is 1.95. The number of aryl methyl sites for hydroxylation is 1. The molecule has 72 valence electrons. The normalized spacial score (nSPS) is 28.2. The summed E-state index contributed by atoms with van der Waals surface area (Å²) in [7, 11) is 0. The molecule has 0 aromatic carbocycles. The van der Waals surface area contributed by atoms with E-state index in [1.54, 1.807) is 6.20 Å². The lowest BCUT2D eigenvalue weighted by Crippen LogP contribution is -2.19. The Bertz CT molecular complexity index is 284. The molecule has 1 fully saturated rings. The number of β-amino-alcohol motifs (C(OH)–C–C–N with tert-alkyl or cyclic N) is 1. The first-order valence-corrected chi connectivity index (χ1v) is 4.73. The lowest BCUT2D eigenvalue weighted by Gasteiger charge is -2.14. The molecule has 1 aliphatic heterocycles. The molecule has 1 aromatic heterocycles. The molecule has 0 radical (unpaired) electrons. The van der Waals surface area contributed by atoms with Crippen LogP contribution in [0, 0.1) is 0 Å². The molecular weight excluding hydrogens is 166 g/mol. The topological polar surface area (TPSA) is 50.1 Å². The Morgan fingerprint density at radius 1 is 1.69 bits per heavy atom. The molecule has 0 bridgehead atoms. The summed E-state index contributed by atoms with van der Waals surface area (Å²) in [5.41, 5.74) is 1.14. The second-order valence-corrected chi connectivity index (χ2v) is 3.40. The molecule has 4 nitrogen and oxygen atoms in total. The highest BCUT2D eigenvalue weighted by atomic mass is 16.3. The maximum Gasteiger partial charge on any atom is 0.0760 e. The van der Waals surface area contributed by atoms with Crippen LogP contribution in [0.15, 0.2) is 12.3 Å². The van der Waals surface area contributed by atoms with Gasteiger partial charge in [-0.1, -0.05) is 0 Å². The van der Waals surface area contributed by atoms with Crippen molar-refractivity contribution in [2.45, 2.75) is 25.5 Å². The van der Waals surface area contributed by atoms with Crippen LogP contribution in [0.25, 0.3) is 0 Å². The first kappa shape index (κ1) is 8.72.